The molecular weight excluding hydrogens is 376 g/mol. The average Bonchev–Trinajstić information content (AvgIpc) is 3.12. The first kappa shape index (κ1) is 19.8. The van der Waals surface area contributed by atoms with Gasteiger partial charge < -0.3 is 23.7 Å². The van der Waals surface area contributed by atoms with Gasteiger partial charge in [-0.15, -0.1) is 0 Å². The first-order chi connectivity index (χ1) is 14.1. The van der Waals surface area contributed by atoms with Gasteiger partial charge in [-0.25, -0.2) is 9.79 Å². The van der Waals surface area contributed by atoms with E-state index in [4.69, 9.17) is 28.9 Å². The molecule has 0 aliphatic carbocycles. The van der Waals surface area contributed by atoms with Gasteiger partial charge in [-0.1, -0.05) is 6.07 Å². The second-order valence-electron chi connectivity index (χ2n) is 5.79. The van der Waals surface area contributed by atoms with Gasteiger partial charge in [0.25, 0.3) is 0 Å². The van der Waals surface area contributed by atoms with Gasteiger partial charge in [0.1, 0.15) is 17.6 Å². The number of rotatable bonds is 7. The van der Waals surface area contributed by atoms with Crippen molar-refractivity contribution in [2.24, 2.45) is 4.99 Å². The number of benzene rings is 2. The SMILES string of the molecule is COc1cc(OC)cc(C2=NC(=Cc3ccc(OCC#N)c(OC)c3)C(=O)O2)c1. The van der Waals surface area contributed by atoms with Gasteiger partial charge in [0.15, 0.2) is 23.8 Å². The summed E-state index contributed by atoms with van der Waals surface area (Å²) in [7, 11) is 4.55. The fraction of sp³-hybridized carbons (Fsp3) is 0.190. The monoisotopic (exact) mass is 394 g/mol. The number of nitriles is 1. The Morgan fingerprint density at radius 1 is 1.03 bits per heavy atom. The number of esters is 1. The summed E-state index contributed by atoms with van der Waals surface area (Å²) in [4.78, 5) is 16.6. The molecule has 0 saturated heterocycles. The van der Waals surface area contributed by atoms with Crippen molar-refractivity contribution in [1.29, 1.82) is 5.26 Å². The van der Waals surface area contributed by atoms with Gasteiger partial charge in [-0.05, 0) is 35.9 Å². The van der Waals surface area contributed by atoms with Crippen LogP contribution in [0, 0.1) is 11.3 Å². The van der Waals surface area contributed by atoms with Gasteiger partial charge in [0, 0.05) is 11.6 Å². The maximum atomic E-state index is 12.3. The molecule has 29 heavy (non-hydrogen) atoms. The Hall–Kier alpha value is -3.99. The third-order valence-corrected chi connectivity index (χ3v) is 4.00. The van der Waals surface area contributed by atoms with Crippen molar-refractivity contribution in [1.82, 2.24) is 0 Å². The summed E-state index contributed by atoms with van der Waals surface area (Å²) in [5.41, 5.74) is 1.34. The van der Waals surface area contributed by atoms with E-state index in [0.717, 1.165) is 0 Å². The Morgan fingerprint density at radius 2 is 1.76 bits per heavy atom. The summed E-state index contributed by atoms with van der Waals surface area (Å²) in [5.74, 6) is 1.53. The van der Waals surface area contributed by atoms with E-state index in [9.17, 15) is 4.79 Å². The van der Waals surface area contributed by atoms with Crippen LogP contribution in [0.25, 0.3) is 6.08 Å². The highest BCUT2D eigenvalue weighted by Gasteiger charge is 2.25. The molecule has 0 amide bonds. The van der Waals surface area contributed by atoms with Crippen molar-refractivity contribution in [3.05, 3.63) is 53.2 Å². The fourth-order valence-corrected chi connectivity index (χ4v) is 2.62. The molecule has 0 fully saturated rings. The van der Waals surface area contributed by atoms with Crippen LogP contribution in [0.5, 0.6) is 23.0 Å². The summed E-state index contributed by atoms with van der Waals surface area (Å²) in [6, 6.07) is 12.0. The molecule has 0 unspecified atom stereocenters. The summed E-state index contributed by atoms with van der Waals surface area (Å²) in [5, 5.41) is 8.64. The number of cyclic esters (lactones) is 1. The van der Waals surface area contributed by atoms with Crippen molar-refractivity contribution >= 4 is 17.9 Å². The Bertz CT molecular complexity index is 1010. The van der Waals surface area contributed by atoms with Crippen LogP contribution in [0.3, 0.4) is 0 Å². The predicted molar refractivity (Wildman–Crippen MR) is 104 cm³/mol. The van der Waals surface area contributed by atoms with Gasteiger partial charge >= 0.3 is 5.97 Å². The smallest absolute Gasteiger partial charge is 0.363 e. The lowest BCUT2D eigenvalue weighted by atomic mass is 10.1. The highest BCUT2D eigenvalue weighted by molar-refractivity contribution is 6.13. The Balaban J connectivity index is 1.92. The number of carbonyl (C=O) groups is 1. The molecule has 0 bridgehead atoms. The number of hydrogen-bond acceptors (Lipinski definition) is 8. The molecule has 0 spiro atoms. The molecule has 0 N–H and O–H groups in total. The van der Waals surface area contributed by atoms with Crippen molar-refractivity contribution in [3.63, 3.8) is 0 Å². The second kappa shape index (κ2) is 8.80. The number of methoxy groups -OCH3 is 3. The van der Waals surface area contributed by atoms with Crippen LogP contribution in [0.4, 0.5) is 0 Å². The lowest BCUT2D eigenvalue weighted by Crippen LogP contribution is -2.06. The number of hydrogen-bond donors (Lipinski definition) is 0. The minimum atomic E-state index is -0.578. The number of nitrogens with zero attached hydrogens (tertiary/aromatic N) is 2. The fourth-order valence-electron chi connectivity index (χ4n) is 2.62. The van der Waals surface area contributed by atoms with E-state index in [1.165, 1.54) is 21.3 Å². The summed E-state index contributed by atoms with van der Waals surface area (Å²) in [6.45, 7) is -0.0965. The molecule has 0 radical (unpaired) electrons. The highest BCUT2D eigenvalue weighted by Crippen LogP contribution is 2.30. The van der Waals surface area contributed by atoms with Gasteiger partial charge in [-0.3, -0.25) is 0 Å². The first-order valence-corrected chi connectivity index (χ1v) is 8.51. The largest absolute Gasteiger partial charge is 0.497 e. The van der Waals surface area contributed by atoms with E-state index in [0.29, 0.717) is 34.1 Å². The van der Waals surface area contributed by atoms with E-state index >= 15 is 0 Å². The van der Waals surface area contributed by atoms with Crippen LogP contribution in [0.2, 0.25) is 0 Å². The molecular formula is C21H18N2O6. The summed E-state index contributed by atoms with van der Waals surface area (Å²) >= 11 is 0. The van der Waals surface area contributed by atoms with Crippen molar-refractivity contribution in [3.8, 4) is 29.1 Å². The van der Waals surface area contributed by atoms with Crippen molar-refractivity contribution < 1.29 is 28.5 Å². The zero-order chi connectivity index (χ0) is 20.8. The molecule has 8 nitrogen and oxygen atoms in total. The zero-order valence-electron chi connectivity index (χ0n) is 16.1. The Labute approximate surface area is 167 Å². The third kappa shape index (κ3) is 4.47. The standard InChI is InChI=1S/C21H18N2O6/c1-25-15-10-14(11-16(12-15)26-2)20-23-17(21(24)29-20)8-13-4-5-18(28-7-6-22)19(9-13)27-3/h4-5,8-12H,7H2,1-3H3. The number of ether oxygens (including phenoxy) is 5. The lowest BCUT2D eigenvalue weighted by molar-refractivity contribution is -0.129. The number of aliphatic imine (C=N–C) groups is 1. The molecule has 3 rings (SSSR count). The third-order valence-electron chi connectivity index (χ3n) is 4.00. The quantitative estimate of drug-likeness (QED) is 0.526. The van der Waals surface area contributed by atoms with Crippen LogP contribution in [-0.4, -0.2) is 39.8 Å². The normalized spacial score (nSPS) is 14.1. The van der Waals surface area contributed by atoms with Crippen LogP contribution in [0.1, 0.15) is 11.1 Å². The molecule has 148 valence electrons. The molecule has 1 heterocycles. The van der Waals surface area contributed by atoms with Crippen LogP contribution < -0.4 is 18.9 Å². The zero-order valence-corrected chi connectivity index (χ0v) is 16.1. The maximum absolute atomic E-state index is 12.3. The number of carbonyl (C=O) groups excluding carboxylic acids is 1. The van der Waals surface area contributed by atoms with Gasteiger partial charge in [0.05, 0.1) is 21.3 Å². The molecule has 0 atom stereocenters. The maximum Gasteiger partial charge on any atom is 0.363 e. The first-order valence-electron chi connectivity index (χ1n) is 8.51. The van der Waals surface area contributed by atoms with Crippen LogP contribution in [-0.2, 0) is 9.53 Å². The van der Waals surface area contributed by atoms with E-state index in [1.54, 1.807) is 42.5 Å². The van der Waals surface area contributed by atoms with Gasteiger partial charge in [0.2, 0.25) is 5.90 Å². The molecule has 0 aromatic heterocycles. The molecule has 2 aromatic rings. The van der Waals surface area contributed by atoms with Crippen molar-refractivity contribution in [2.75, 3.05) is 27.9 Å². The molecule has 2 aromatic carbocycles. The summed E-state index contributed by atoms with van der Waals surface area (Å²) in [6.07, 6.45) is 1.57. The molecule has 1 aliphatic rings. The molecule has 0 saturated carbocycles. The van der Waals surface area contributed by atoms with E-state index in [2.05, 4.69) is 4.99 Å². The predicted octanol–water partition coefficient (Wildman–Crippen LogP) is 2.96. The van der Waals surface area contributed by atoms with Gasteiger partial charge in [-0.2, -0.15) is 5.26 Å². The minimum absolute atomic E-state index is 0.0965. The highest BCUT2D eigenvalue weighted by atomic mass is 16.6. The second-order valence-corrected chi connectivity index (χ2v) is 5.79. The topological polar surface area (TPSA) is 99.4 Å². The van der Waals surface area contributed by atoms with Crippen molar-refractivity contribution in [2.45, 2.75) is 0 Å². The molecule has 1 aliphatic heterocycles. The Kier molecular flexibility index (Phi) is 6.00. The van der Waals surface area contributed by atoms with Crippen LogP contribution in [0.15, 0.2) is 47.1 Å². The molecule has 8 heteroatoms. The minimum Gasteiger partial charge on any atom is -0.497 e. The van der Waals surface area contributed by atoms with E-state index in [1.807, 2.05) is 6.07 Å². The van der Waals surface area contributed by atoms with E-state index < -0.39 is 5.97 Å². The van der Waals surface area contributed by atoms with Crippen LogP contribution >= 0.6 is 0 Å². The Morgan fingerprint density at radius 3 is 2.38 bits per heavy atom. The summed E-state index contributed by atoms with van der Waals surface area (Å²) < 4.78 is 26.3. The average molecular weight is 394 g/mol. The van der Waals surface area contributed by atoms with E-state index in [-0.39, 0.29) is 18.2 Å². The lowest BCUT2D eigenvalue weighted by Gasteiger charge is -2.08.